The van der Waals surface area contributed by atoms with Crippen molar-refractivity contribution in [1.82, 2.24) is 5.32 Å². The van der Waals surface area contributed by atoms with Gasteiger partial charge in [-0.25, -0.2) is 0 Å². The highest BCUT2D eigenvalue weighted by Crippen LogP contribution is 2.22. The summed E-state index contributed by atoms with van der Waals surface area (Å²) in [4.78, 5) is 24.2. The molecule has 0 fully saturated rings. The maximum atomic E-state index is 12.6. The first-order valence-corrected chi connectivity index (χ1v) is 8.79. The minimum atomic E-state index is -0.627. The lowest BCUT2D eigenvalue weighted by atomic mass is 9.91. The van der Waals surface area contributed by atoms with Crippen LogP contribution in [0, 0.1) is 5.21 Å². The third kappa shape index (κ3) is 4.14. The fourth-order valence-electron chi connectivity index (χ4n) is 3.11. The smallest absolute Gasteiger partial charge is 0.225 e. The Labute approximate surface area is 158 Å². The Hall–Kier alpha value is -3.21. The zero-order valence-corrected chi connectivity index (χ0v) is 15.7. The normalized spacial score (nSPS) is 11.4. The summed E-state index contributed by atoms with van der Waals surface area (Å²) in [6, 6.07) is 16.3. The van der Waals surface area contributed by atoms with Crippen LogP contribution in [0.2, 0.25) is 0 Å². The van der Waals surface area contributed by atoms with Gasteiger partial charge in [0.05, 0.1) is 12.0 Å². The average molecular weight is 362 g/mol. The molecule has 1 amide bonds. The first-order valence-electron chi connectivity index (χ1n) is 8.79. The number of hydrogen-bond donors (Lipinski definition) is 1. The standard InChI is InChI=1S/C22H22N2O3/c1-15(25)18-6-4-8-19(14-18)22(2,3)23-21(26)13-16-9-10-17-7-5-11-24(27)20(17)12-16/h4-12,14H,13H2,1-3H3,(H,23,26). The lowest BCUT2D eigenvalue weighted by Gasteiger charge is -2.27. The largest absolute Gasteiger partial charge is 0.618 e. The number of rotatable bonds is 5. The number of nitrogens with zero attached hydrogens (tertiary/aromatic N) is 1. The predicted molar refractivity (Wildman–Crippen MR) is 104 cm³/mol. The maximum Gasteiger partial charge on any atom is 0.225 e. The maximum absolute atomic E-state index is 12.6. The summed E-state index contributed by atoms with van der Waals surface area (Å²) in [7, 11) is 0. The molecule has 1 N–H and O–H groups in total. The number of Topliss-reactive ketones (excluding diaryl/α,β-unsaturated/α-hetero) is 1. The van der Waals surface area contributed by atoms with Crippen molar-refractivity contribution in [3.63, 3.8) is 0 Å². The Morgan fingerprint density at radius 1 is 1.07 bits per heavy atom. The third-order valence-electron chi connectivity index (χ3n) is 4.64. The van der Waals surface area contributed by atoms with Crippen molar-refractivity contribution < 1.29 is 14.3 Å². The number of fused-ring (bicyclic) bond motifs is 1. The average Bonchev–Trinajstić information content (AvgIpc) is 2.62. The number of nitrogens with one attached hydrogen (secondary N) is 1. The Morgan fingerprint density at radius 2 is 1.85 bits per heavy atom. The van der Waals surface area contributed by atoms with E-state index in [-0.39, 0.29) is 18.1 Å². The van der Waals surface area contributed by atoms with Crippen molar-refractivity contribution in [2.75, 3.05) is 0 Å². The third-order valence-corrected chi connectivity index (χ3v) is 4.64. The number of ketones is 1. The van der Waals surface area contributed by atoms with E-state index in [4.69, 9.17) is 0 Å². The van der Waals surface area contributed by atoms with Crippen molar-refractivity contribution in [2.24, 2.45) is 0 Å². The van der Waals surface area contributed by atoms with Crippen LogP contribution in [-0.2, 0) is 16.8 Å². The molecular weight excluding hydrogens is 340 g/mol. The monoisotopic (exact) mass is 362 g/mol. The van der Waals surface area contributed by atoms with E-state index in [1.165, 1.54) is 13.1 Å². The molecule has 2 aromatic carbocycles. The number of amides is 1. The number of carbonyl (C=O) groups excluding carboxylic acids is 2. The Balaban J connectivity index is 1.77. The molecule has 138 valence electrons. The summed E-state index contributed by atoms with van der Waals surface area (Å²) in [5.74, 6) is -0.165. The van der Waals surface area contributed by atoms with Crippen LogP contribution >= 0.6 is 0 Å². The molecule has 5 heteroatoms. The Bertz CT molecular complexity index is 1020. The van der Waals surface area contributed by atoms with Crippen molar-refractivity contribution in [1.29, 1.82) is 0 Å². The van der Waals surface area contributed by atoms with Crippen molar-refractivity contribution >= 4 is 22.6 Å². The molecule has 0 bridgehead atoms. The number of hydrogen-bond acceptors (Lipinski definition) is 3. The molecule has 3 rings (SSSR count). The second kappa shape index (κ2) is 7.19. The molecule has 0 aliphatic carbocycles. The molecule has 27 heavy (non-hydrogen) atoms. The highest BCUT2D eigenvalue weighted by molar-refractivity contribution is 5.94. The van der Waals surface area contributed by atoms with Gasteiger partial charge < -0.3 is 10.5 Å². The van der Waals surface area contributed by atoms with E-state index in [2.05, 4.69) is 5.32 Å². The molecule has 0 aliphatic heterocycles. The second-order valence-electron chi connectivity index (χ2n) is 7.21. The van der Waals surface area contributed by atoms with Crippen LogP contribution in [-0.4, -0.2) is 11.7 Å². The van der Waals surface area contributed by atoms with Gasteiger partial charge in [0.2, 0.25) is 11.4 Å². The van der Waals surface area contributed by atoms with Crippen LogP contribution in [0.5, 0.6) is 0 Å². The molecule has 3 aromatic rings. The minimum absolute atomic E-state index is 0.0129. The van der Waals surface area contributed by atoms with Gasteiger partial charge in [0.25, 0.3) is 0 Å². The van der Waals surface area contributed by atoms with Crippen LogP contribution in [0.15, 0.2) is 60.8 Å². The highest BCUT2D eigenvalue weighted by atomic mass is 16.5. The van der Waals surface area contributed by atoms with Gasteiger partial charge in [0, 0.05) is 23.1 Å². The van der Waals surface area contributed by atoms with Gasteiger partial charge in [-0.2, -0.15) is 4.73 Å². The molecule has 0 saturated heterocycles. The van der Waals surface area contributed by atoms with Gasteiger partial charge >= 0.3 is 0 Å². The van der Waals surface area contributed by atoms with Crippen molar-refractivity contribution in [3.05, 3.63) is 82.7 Å². The van der Waals surface area contributed by atoms with Gasteiger partial charge in [-0.15, -0.1) is 0 Å². The summed E-state index contributed by atoms with van der Waals surface area (Å²) in [6.07, 6.45) is 1.61. The second-order valence-corrected chi connectivity index (χ2v) is 7.21. The predicted octanol–water partition coefficient (Wildman–Crippen LogP) is 3.27. The number of carbonyl (C=O) groups is 2. The van der Waals surface area contributed by atoms with Gasteiger partial charge in [0.15, 0.2) is 12.0 Å². The quantitative estimate of drug-likeness (QED) is 0.430. The fraction of sp³-hybridized carbons (Fsp3) is 0.227. The van der Waals surface area contributed by atoms with Crippen LogP contribution in [0.4, 0.5) is 0 Å². The van der Waals surface area contributed by atoms with Crippen LogP contribution < -0.4 is 10.0 Å². The first-order chi connectivity index (χ1) is 12.8. The van der Waals surface area contributed by atoms with E-state index in [9.17, 15) is 14.8 Å². The van der Waals surface area contributed by atoms with Gasteiger partial charge in [-0.05, 0) is 50.1 Å². The zero-order valence-electron chi connectivity index (χ0n) is 15.7. The number of pyridine rings is 1. The molecule has 0 atom stereocenters. The molecule has 0 spiro atoms. The minimum Gasteiger partial charge on any atom is -0.618 e. The highest BCUT2D eigenvalue weighted by Gasteiger charge is 2.23. The van der Waals surface area contributed by atoms with Gasteiger partial charge in [-0.1, -0.05) is 24.3 Å². The van der Waals surface area contributed by atoms with Gasteiger partial charge in [-0.3, -0.25) is 9.59 Å². The molecule has 0 saturated carbocycles. The SMILES string of the molecule is CC(=O)c1cccc(C(C)(C)NC(=O)Cc2ccc3ccc[n+]([O-])c3c2)c1. The lowest BCUT2D eigenvalue weighted by Crippen LogP contribution is -2.41. The van der Waals surface area contributed by atoms with E-state index in [1.54, 1.807) is 24.3 Å². The topological polar surface area (TPSA) is 73.1 Å². The van der Waals surface area contributed by atoms with E-state index < -0.39 is 5.54 Å². The van der Waals surface area contributed by atoms with Crippen molar-refractivity contribution in [2.45, 2.75) is 32.7 Å². The van der Waals surface area contributed by atoms with E-state index in [1.807, 2.05) is 44.2 Å². The zero-order chi connectivity index (χ0) is 19.6. The summed E-state index contributed by atoms with van der Waals surface area (Å²) in [5.41, 5.74) is 2.15. The van der Waals surface area contributed by atoms with Crippen LogP contribution in [0.25, 0.3) is 10.9 Å². The van der Waals surface area contributed by atoms with E-state index in [0.29, 0.717) is 11.1 Å². The molecule has 1 aromatic heterocycles. The van der Waals surface area contributed by atoms with Gasteiger partial charge in [0.1, 0.15) is 0 Å². The molecule has 0 unspecified atom stereocenters. The molecule has 0 aliphatic rings. The van der Waals surface area contributed by atoms with E-state index >= 15 is 0 Å². The van der Waals surface area contributed by atoms with Crippen LogP contribution in [0.1, 0.15) is 42.3 Å². The lowest BCUT2D eigenvalue weighted by molar-refractivity contribution is -0.577. The number of benzene rings is 2. The van der Waals surface area contributed by atoms with E-state index in [0.717, 1.165) is 21.2 Å². The molecule has 0 radical (unpaired) electrons. The summed E-state index contributed by atoms with van der Waals surface area (Å²) in [6.45, 7) is 5.32. The van der Waals surface area contributed by atoms with Crippen LogP contribution in [0.3, 0.4) is 0 Å². The summed E-state index contributed by atoms with van der Waals surface area (Å²) >= 11 is 0. The Morgan fingerprint density at radius 3 is 2.59 bits per heavy atom. The van der Waals surface area contributed by atoms with Crippen molar-refractivity contribution in [3.8, 4) is 0 Å². The first kappa shape index (κ1) is 18.6. The summed E-state index contributed by atoms with van der Waals surface area (Å²) in [5, 5.41) is 15.8. The Kier molecular flexibility index (Phi) is 4.95. The molecular formula is C22H22N2O3. The molecule has 1 heterocycles. The summed E-state index contributed by atoms with van der Waals surface area (Å²) < 4.78 is 0.800. The molecule has 5 nitrogen and oxygen atoms in total. The fourth-order valence-corrected chi connectivity index (χ4v) is 3.11. The number of aromatic nitrogens is 1.